The molecule has 0 aromatic heterocycles. The molecule has 2 aliphatic heterocycles. The van der Waals surface area contributed by atoms with E-state index in [-0.39, 0.29) is 19.8 Å². The van der Waals surface area contributed by atoms with Crippen LogP contribution in [0.4, 0.5) is 0 Å². The van der Waals surface area contributed by atoms with Crippen molar-refractivity contribution in [1.29, 1.82) is 0 Å². The molecule has 0 amide bonds. The number of methoxy groups -OCH3 is 2. The van der Waals surface area contributed by atoms with Gasteiger partial charge in [0, 0.05) is 10.5 Å². The van der Waals surface area contributed by atoms with Gasteiger partial charge in [0.15, 0.2) is 11.7 Å². The van der Waals surface area contributed by atoms with Crippen LogP contribution in [0.15, 0.2) is 108 Å². The van der Waals surface area contributed by atoms with Crippen molar-refractivity contribution < 1.29 is 37.4 Å². The zero-order valence-electron chi connectivity index (χ0n) is 25.6. The third-order valence-electron chi connectivity index (χ3n) is 8.02. The van der Waals surface area contributed by atoms with Gasteiger partial charge < -0.3 is 33.2 Å². The number of ether oxygens (including phenoxy) is 7. The van der Waals surface area contributed by atoms with E-state index in [1.54, 1.807) is 14.2 Å². The minimum absolute atomic E-state index is 0.248. The summed E-state index contributed by atoms with van der Waals surface area (Å²) in [5.74, 6) is 1.52. The maximum atomic E-state index is 14.2. The SMILES string of the molecule is COc1ccc(CO[C@H]2[C@@H]3OC(c4ccccc4)OC[C@@H]3O[C@@H](S(=O)c3ccc(C)cc3)[C@H]2OCc2ccc(OC)cc2)cc1. The van der Waals surface area contributed by atoms with E-state index in [1.165, 1.54) is 0 Å². The van der Waals surface area contributed by atoms with E-state index in [9.17, 15) is 4.21 Å². The predicted octanol–water partition coefficient (Wildman–Crippen LogP) is 6.13. The average molecular weight is 631 g/mol. The molecule has 9 heteroatoms. The van der Waals surface area contributed by atoms with Crippen molar-refractivity contribution in [2.75, 3.05) is 20.8 Å². The van der Waals surface area contributed by atoms with Gasteiger partial charge in [-0.15, -0.1) is 0 Å². The number of benzene rings is 4. The van der Waals surface area contributed by atoms with Gasteiger partial charge in [0.05, 0.1) is 44.8 Å². The largest absolute Gasteiger partial charge is 0.497 e. The topological polar surface area (TPSA) is 81.7 Å². The zero-order chi connectivity index (χ0) is 31.2. The van der Waals surface area contributed by atoms with E-state index >= 15 is 0 Å². The van der Waals surface area contributed by atoms with Crippen LogP contribution in [0.25, 0.3) is 0 Å². The van der Waals surface area contributed by atoms with Crippen LogP contribution in [0.5, 0.6) is 11.5 Å². The van der Waals surface area contributed by atoms with Crippen molar-refractivity contribution >= 4 is 10.8 Å². The molecular weight excluding hydrogens is 592 g/mol. The monoisotopic (exact) mass is 630 g/mol. The summed E-state index contributed by atoms with van der Waals surface area (Å²) >= 11 is 0. The second kappa shape index (κ2) is 14.7. The summed E-state index contributed by atoms with van der Waals surface area (Å²) < 4.78 is 57.5. The smallest absolute Gasteiger partial charge is 0.184 e. The average Bonchev–Trinajstić information content (AvgIpc) is 3.10. The molecule has 7 atom stereocenters. The van der Waals surface area contributed by atoms with Crippen molar-refractivity contribution in [3.8, 4) is 11.5 Å². The molecule has 2 heterocycles. The van der Waals surface area contributed by atoms with Gasteiger partial charge in [0.25, 0.3) is 0 Å². The Morgan fingerprint density at radius 3 is 1.87 bits per heavy atom. The maximum Gasteiger partial charge on any atom is 0.184 e. The van der Waals surface area contributed by atoms with Crippen LogP contribution in [0, 0.1) is 6.92 Å². The molecule has 4 aromatic rings. The van der Waals surface area contributed by atoms with Crippen molar-refractivity contribution in [3.05, 3.63) is 125 Å². The van der Waals surface area contributed by atoms with Crippen LogP contribution in [-0.2, 0) is 47.7 Å². The van der Waals surface area contributed by atoms with Crippen LogP contribution in [0.3, 0.4) is 0 Å². The number of hydrogen-bond donors (Lipinski definition) is 0. The van der Waals surface area contributed by atoms with Crippen molar-refractivity contribution in [2.24, 2.45) is 0 Å². The van der Waals surface area contributed by atoms with E-state index in [2.05, 4.69) is 0 Å². The van der Waals surface area contributed by atoms with Crippen LogP contribution in [0.1, 0.15) is 28.5 Å². The molecule has 2 unspecified atom stereocenters. The Labute approximate surface area is 266 Å². The molecule has 8 nitrogen and oxygen atoms in total. The Morgan fingerprint density at radius 2 is 1.29 bits per heavy atom. The lowest BCUT2D eigenvalue weighted by molar-refractivity contribution is -0.330. The molecule has 236 valence electrons. The minimum Gasteiger partial charge on any atom is -0.497 e. The molecule has 6 rings (SSSR count). The third kappa shape index (κ3) is 7.47. The summed E-state index contributed by atoms with van der Waals surface area (Å²) in [6.07, 6.45) is -3.04. The van der Waals surface area contributed by atoms with Gasteiger partial charge in [-0.25, -0.2) is 0 Å². The fraction of sp³-hybridized carbons (Fsp3) is 0.333. The standard InChI is InChI=1S/C36H38O8S/c1-24-9-19-30(20-10-24)45(37)36-34(41-22-26-13-17-29(39-3)18-14-26)33(40-21-25-11-15-28(38-2)16-12-25)32-31(43-36)23-42-35(44-32)27-7-5-4-6-8-27/h4-20,31-36H,21-23H2,1-3H3/t31-,32+,33-,34-,35?,36-,45?/m0/s1. The Balaban J connectivity index is 1.33. The number of aryl methyl sites for hydroxylation is 1. The van der Waals surface area contributed by atoms with Gasteiger partial charge in [-0.05, 0) is 54.4 Å². The number of rotatable bonds is 11. The van der Waals surface area contributed by atoms with E-state index < -0.39 is 46.9 Å². The molecule has 0 spiro atoms. The lowest BCUT2D eigenvalue weighted by Crippen LogP contribution is -2.63. The number of hydrogen-bond acceptors (Lipinski definition) is 8. The summed E-state index contributed by atoms with van der Waals surface area (Å²) in [4.78, 5) is 0.649. The molecule has 2 saturated heterocycles. The Hall–Kier alpha value is -3.57. The second-order valence-electron chi connectivity index (χ2n) is 11.1. The Bertz CT molecular complexity index is 1530. The van der Waals surface area contributed by atoms with Crippen molar-refractivity contribution in [3.63, 3.8) is 0 Å². The first-order chi connectivity index (χ1) is 22.0. The van der Waals surface area contributed by atoms with E-state index in [0.29, 0.717) is 4.90 Å². The highest BCUT2D eigenvalue weighted by Crippen LogP contribution is 2.39. The molecule has 0 radical (unpaired) electrons. The third-order valence-corrected chi connectivity index (χ3v) is 9.56. The van der Waals surface area contributed by atoms with Gasteiger partial charge in [-0.1, -0.05) is 72.3 Å². The maximum absolute atomic E-state index is 14.2. The van der Waals surface area contributed by atoms with Gasteiger partial charge in [-0.3, -0.25) is 4.21 Å². The molecule has 0 saturated carbocycles. The fourth-order valence-corrected chi connectivity index (χ4v) is 6.89. The van der Waals surface area contributed by atoms with Gasteiger partial charge in [0.1, 0.15) is 35.9 Å². The minimum atomic E-state index is -1.58. The van der Waals surface area contributed by atoms with Gasteiger partial charge in [-0.2, -0.15) is 0 Å². The number of fused-ring (bicyclic) bond motifs is 1. The van der Waals surface area contributed by atoms with E-state index in [0.717, 1.165) is 33.8 Å². The predicted molar refractivity (Wildman–Crippen MR) is 169 cm³/mol. The van der Waals surface area contributed by atoms with Crippen LogP contribution >= 0.6 is 0 Å². The first-order valence-electron chi connectivity index (χ1n) is 15.0. The van der Waals surface area contributed by atoms with E-state index in [1.807, 2.05) is 110 Å². The summed E-state index contributed by atoms with van der Waals surface area (Å²) in [5, 5.41) is 0. The van der Waals surface area contributed by atoms with Gasteiger partial charge in [0.2, 0.25) is 0 Å². The van der Waals surface area contributed by atoms with Crippen LogP contribution in [-0.4, -0.2) is 54.9 Å². The van der Waals surface area contributed by atoms with Gasteiger partial charge >= 0.3 is 0 Å². The molecule has 4 aromatic carbocycles. The zero-order valence-corrected chi connectivity index (χ0v) is 26.4. The molecule has 2 aliphatic rings. The highest BCUT2D eigenvalue weighted by atomic mass is 32.2. The molecule has 2 fully saturated rings. The second-order valence-corrected chi connectivity index (χ2v) is 12.6. The lowest BCUT2D eigenvalue weighted by Gasteiger charge is -2.49. The summed E-state index contributed by atoms with van der Waals surface area (Å²) in [6, 6.07) is 32.8. The lowest BCUT2D eigenvalue weighted by atomic mass is 9.98. The fourth-order valence-electron chi connectivity index (χ4n) is 5.50. The molecular formula is C36H38O8S. The highest BCUT2D eigenvalue weighted by Gasteiger charge is 2.53. The van der Waals surface area contributed by atoms with E-state index in [4.69, 9.17) is 33.2 Å². The normalized spacial score (nSPS) is 25.2. The van der Waals surface area contributed by atoms with Crippen molar-refractivity contribution in [2.45, 2.75) is 61.2 Å². The summed E-state index contributed by atoms with van der Waals surface area (Å²) in [5.41, 5.74) is 3.02. The summed E-state index contributed by atoms with van der Waals surface area (Å²) in [7, 11) is 1.69. The Morgan fingerprint density at radius 1 is 0.711 bits per heavy atom. The first kappa shape index (κ1) is 31.4. The van der Waals surface area contributed by atoms with Crippen LogP contribution < -0.4 is 9.47 Å². The van der Waals surface area contributed by atoms with Crippen molar-refractivity contribution in [1.82, 2.24) is 0 Å². The molecule has 0 bridgehead atoms. The molecule has 0 aliphatic carbocycles. The molecule has 0 N–H and O–H groups in total. The highest BCUT2D eigenvalue weighted by molar-refractivity contribution is 7.85. The Kier molecular flexibility index (Phi) is 10.2. The summed E-state index contributed by atoms with van der Waals surface area (Å²) in [6.45, 7) is 2.78. The quantitative estimate of drug-likeness (QED) is 0.196. The first-order valence-corrected chi connectivity index (χ1v) is 16.2. The van der Waals surface area contributed by atoms with Crippen LogP contribution in [0.2, 0.25) is 0 Å². The molecule has 45 heavy (non-hydrogen) atoms.